The van der Waals surface area contributed by atoms with E-state index in [1.165, 1.54) is 16.8 Å². The minimum Gasteiger partial charge on any atom is -0.494 e. The predicted octanol–water partition coefficient (Wildman–Crippen LogP) is 8.06. The lowest BCUT2D eigenvalue weighted by molar-refractivity contribution is -0.137. The molecule has 1 atom stereocenters. The van der Waals surface area contributed by atoms with Crippen molar-refractivity contribution in [2.75, 3.05) is 23.4 Å². The van der Waals surface area contributed by atoms with Crippen molar-refractivity contribution in [3.05, 3.63) is 161 Å². The number of anilines is 2. The van der Waals surface area contributed by atoms with Gasteiger partial charge in [0.2, 0.25) is 0 Å². The second-order valence-corrected chi connectivity index (χ2v) is 11.3. The van der Waals surface area contributed by atoms with Crippen LogP contribution < -0.4 is 15.0 Å². The molecule has 0 amide bonds. The van der Waals surface area contributed by atoms with Gasteiger partial charge in [-0.25, -0.2) is 4.79 Å². The first-order valence-electron chi connectivity index (χ1n) is 15.8. The molecule has 2 N–H and O–H groups in total. The Kier molecular flexibility index (Phi) is 11.2. The zero-order valence-electron chi connectivity index (χ0n) is 26.1. The Morgan fingerprint density at radius 1 is 0.761 bits per heavy atom. The van der Waals surface area contributed by atoms with Gasteiger partial charge in [-0.05, 0) is 65.9 Å². The van der Waals surface area contributed by atoms with Crippen LogP contribution in [0.2, 0.25) is 0 Å². The average molecular weight is 613 g/mol. The van der Waals surface area contributed by atoms with Crippen molar-refractivity contribution in [3.8, 4) is 5.75 Å². The number of ketones is 1. The average Bonchev–Trinajstić information content (AvgIpc) is 3.10. The number of carboxylic acid groups (broad SMARTS) is 1. The van der Waals surface area contributed by atoms with Crippen LogP contribution in [0.4, 0.5) is 11.4 Å². The van der Waals surface area contributed by atoms with Gasteiger partial charge in [-0.1, -0.05) is 104 Å². The monoisotopic (exact) mass is 612 g/mol. The minimum absolute atomic E-state index is 0.160. The standard InChI is InChI=1S/C40H40N2O4/c1-2-30-15-11-18-34(27-30)42(29-32-13-5-3-6-14-32)25-12-26-46-35-23-21-31(22-24-35)28-38(40(44)45)41-37-20-10-9-19-36(37)39(43)33-16-7-4-8-17-33/h3-11,13-24,27,38,41H,2,12,25-26,28-29H2,1H3,(H,44,45)/t38-/m0/s1. The van der Waals surface area contributed by atoms with E-state index in [9.17, 15) is 14.7 Å². The molecule has 5 rings (SSSR count). The third-order valence-electron chi connectivity index (χ3n) is 7.94. The van der Waals surface area contributed by atoms with Gasteiger partial charge in [-0.2, -0.15) is 0 Å². The lowest BCUT2D eigenvalue weighted by atomic mass is 10.00. The highest BCUT2D eigenvalue weighted by atomic mass is 16.5. The zero-order chi connectivity index (χ0) is 32.1. The van der Waals surface area contributed by atoms with E-state index in [2.05, 4.69) is 65.7 Å². The van der Waals surface area contributed by atoms with Crippen molar-refractivity contribution in [2.45, 2.75) is 38.8 Å². The molecule has 6 nitrogen and oxygen atoms in total. The third-order valence-corrected chi connectivity index (χ3v) is 7.94. The Morgan fingerprint density at radius 2 is 1.43 bits per heavy atom. The van der Waals surface area contributed by atoms with E-state index in [-0.39, 0.29) is 12.2 Å². The number of aliphatic carboxylic acids is 1. The summed E-state index contributed by atoms with van der Waals surface area (Å²) < 4.78 is 6.08. The zero-order valence-corrected chi connectivity index (χ0v) is 26.1. The van der Waals surface area contributed by atoms with Crippen LogP contribution in [0.15, 0.2) is 133 Å². The van der Waals surface area contributed by atoms with E-state index >= 15 is 0 Å². The highest BCUT2D eigenvalue weighted by Gasteiger charge is 2.21. The SMILES string of the molecule is CCc1cccc(N(CCCOc2ccc(C[C@H](Nc3ccccc3C(=O)c3ccccc3)C(=O)O)cc2)Cc2ccccc2)c1. The lowest BCUT2D eigenvalue weighted by Gasteiger charge is -2.26. The van der Waals surface area contributed by atoms with Gasteiger partial charge >= 0.3 is 5.97 Å². The summed E-state index contributed by atoms with van der Waals surface area (Å²) in [6, 6.07) is 41.9. The Labute approximate surface area is 271 Å². The number of hydrogen-bond acceptors (Lipinski definition) is 5. The van der Waals surface area contributed by atoms with Gasteiger partial charge in [0.15, 0.2) is 5.78 Å². The molecular weight excluding hydrogens is 572 g/mol. The normalized spacial score (nSPS) is 11.4. The summed E-state index contributed by atoms with van der Waals surface area (Å²) in [4.78, 5) is 27.8. The molecule has 0 saturated heterocycles. The maximum absolute atomic E-state index is 13.1. The summed E-state index contributed by atoms with van der Waals surface area (Å²) in [5, 5.41) is 13.1. The van der Waals surface area contributed by atoms with Crippen molar-refractivity contribution in [3.63, 3.8) is 0 Å². The van der Waals surface area contributed by atoms with E-state index in [0.29, 0.717) is 23.4 Å². The summed E-state index contributed by atoms with van der Waals surface area (Å²) in [7, 11) is 0. The molecule has 0 aromatic heterocycles. The predicted molar refractivity (Wildman–Crippen MR) is 185 cm³/mol. The molecule has 0 fully saturated rings. The molecule has 0 unspecified atom stereocenters. The van der Waals surface area contributed by atoms with Crippen LogP contribution in [-0.2, 0) is 24.2 Å². The van der Waals surface area contributed by atoms with Crippen molar-refractivity contribution >= 4 is 23.1 Å². The fraction of sp³-hybridized carbons (Fsp3) is 0.200. The molecule has 46 heavy (non-hydrogen) atoms. The maximum Gasteiger partial charge on any atom is 0.326 e. The van der Waals surface area contributed by atoms with Crippen LogP contribution in [-0.4, -0.2) is 36.1 Å². The summed E-state index contributed by atoms with van der Waals surface area (Å²) >= 11 is 0. The fourth-order valence-electron chi connectivity index (χ4n) is 5.42. The number of para-hydroxylation sites is 1. The molecule has 5 aromatic carbocycles. The molecule has 0 saturated carbocycles. The van der Waals surface area contributed by atoms with Gasteiger partial charge in [0.05, 0.1) is 6.61 Å². The van der Waals surface area contributed by atoms with E-state index in [1.807, 2.05) is 48.5 Å². The molecule has 0 spiro atoms. The second-order valence-electron chi connectivity index (χ2n) is 11.3. The van der Waals surface area contributed by atoms with Crippen LogP contribution in [0.5, 0.6) is 5.75 Å². The van der Waals surface area contributed by atoms with E-state index in [1.54, 1.807) is 36.4 Å². The van der Waals surface area contributed by atoms with Crippen molar-refractivity contribution in [1.82, 2.24) is 0 Å². The second kappa shape index (κ2) is 16.1. The van der Waals surface area contributed by atoms with Gasteiger partial charge in [-0.15, -0.1) is 0 Å². The molecule has 234 valence electrons. The first-order valence-corrected chi connectivity index (χ1v) is 15.8. The van der Waals surface area contributed by atoms with Crippen molar-refractivity contribution < 1.29 is 19.4 Å². The van der Waals surface area contributed by atoms with Crippen LogP contribution in [0, 0.1) is 0 Å². The summed E-state index contributed by atoms with van der Waals surface area (Å²) in [5.74, 6) is -0.413. The topological polar surface area (TPSA) is 78.9 Å². The van der Waals surface area contributed by atoms with E-state index < -0.39 is 12.0 Å². The fourth-order valence-corrected chi connectivity index (χ4v) is 5.42. The first kappa shape index (κ1) is 32.0. The van der Waals surface area contributed by atoms with Crippen molar-refractivity contribution in [2.24, 2.45) is 0 Å². The van der Waals surface area contributed by atoms with E-state index in [4.69, 9.17) is 4.74 Å². The van der Waals surface area contributed by atoms with Crippen LogP contribution >= 0.6 is 0 Å². The number of rotatable bonds is 16. The number of hydrogen-bond donors (Lipinski definition) is 2. The number of carbonyl (C=O) groups is 2. The Balaban J connectivity index is 1.17. The van der Waals surface area contributed by atoms with Crippen LogP contribution in [0.3, 0.4) is 0 Å². The van der Waals surface area contributed by atoms with Gasteiger partial charge in [-0.3, -0.25) is 4.79 Å². The molecule has 0 heterocycles. The van der Waals surface area contributed by atoms with Gasteiger partial charge in [0.1, 0.15) is 11.8 Å². The smallest absolute Gasteiger partial charge is 0.326 e. The number of nitrogens with one attached hydrogen (secondary N) is 1. The third kappa shape index (κ3) is 8.85. The Bertz CT molecular complexity index is 1710. The summed E-state index contributed by atoms with van der Waals surface area (Å²) in [6.07, 6.45) is 2.09. The quantitative estimate of drug-likeness (QED) is 0.0867. The number of aryl methyl sites for hydroxylation is 1. The largest absolute Gasteiger partial charge is 0.494 e. The first-order chi connectivity index (χ1) is 22.5. The number of ether oxygens (including phenoxy) is 1. The highest BCUT2D eigenvalue weighted by Crippen LogP contribution is 2.23. The highest BCUT2D eigenvalue weighted by molar-refractivity contribution is 6.12. The Morgan fingerprint density at radius 3 is 2.15 bits per heavy atom. The minimum atomic E-state index is -0.994. The molecule has 0 aliphatic heterocycles. The molecular formula is C40H40N2O4. The molecule has 0 bridgehead atoms. The molecule has 0 aliphatic carbocycles. The lowest BCUT2D eigenvalue weighted by Crippen LogP contribution is -2.32. The van der Waals surface area contributed by atoms with E-state index in [0.717, 1.165) is 37.2 Å². The Hall–Kier alpha value is -5.36. The van der Waals surface area contributed by atoms with Gasteiger partial charge < -0.3 is 20.1 Å². The van der Waals surface area contributed by atoms with Gasteiger partial charge in [0, 0.05) is 42.0 Å². The summed E-state index contributed by atoms with van der Waals surface area (Å²) in [5.41, 5.74) is 6.12. The van der Waals surface area contributed by atoms with Crippen LogP contribution in [0.1, 0.15) is 46.0 Å². The molecule has 0 aliphatic rings. The maximum atomic E-state index is 13.1. The number of carbonyl (C=O) groups excluding carboxylic acids is 1. The summed E-state index contributed by atoms with van der Waals surface area (Å²) in [6.45, 7) is 4.41. The number of nitrogens with zero attached hydrogens (tertiary/aromatic N) is 1. The molecule has 0 radical (unpaired) electrons. The molecule has 6 heteroatoms. The van der Waals surface area contributed by atoms with Crippen LogP contribution in [0.25, 0.3) is 0 Å². The number of benzene rings is 5. The molecule has 5 aromatic rings. The van der Waals surface area contributed by atoms with Gasteiger partial charge in [0.25, 0.3) is 0 Å². The number of carboxylic acids is 1. The van der Waals surface area contributed by atoms with Crippen molar-refractivity contribution in [1.29, 1.82) is 0 Å².